The van der Waals surface area contributed by atoms with Gasteiger partial charge in [-0.15, -0.1) is 32.9 Å². The highest BCUT2D eigenvalue weighted by molar-refractivity contribution is 7.13. The number of nitrogens with one attached hydrogen (secondary N) is 1. The van der Waals surface area contributed by atoms with Crippen molar-refractivity contribution in [3.05, 3.63) is 55.4 Å². The molecule has 7 nitrogen and oxygen atoms in total. The number of thiophene rings is 2. The summed E-state index contributed by atoms with van der Waals surface area (Å²) in [6, 6.07) is 9.60. The molecule has 2 bridgehead atoms. The largest absolute Gasteiger partial charge is 0.348 e. The monoisotopic (exact) mass is 687 g/mol. The molecule has 1 saturated carbocycles. The summed E-state index contributed by atoms with van der Waals surface area (Å²) in [5.41, 5.74) is 0. The number of rotatable bonds is 11. The third-order valence-corrected chi connectivity index (χ3v) is 12.7. The average molecular weight is 688 g/mol. The summed E-state index contributed by atoms with van der Waals surface area (Å²) in [7, 11) is 0. The van der Waals surface area contributed by atoms with E-state index in [-0.39, 0.29) is 43.6 Å². The van der Waals surface area contributed by atoms with Crippen LogP contribution in [0.5, 0.6) is 0 Å². The fourth-order valence-corrected chi connectivity index (χ4v) is 9.43. The highest BCUT2D eigenvalue weighted by atomic mass is 32.1. The first-order valence-corrected chi connectivity index (χ1v) is 19.1. The first-order chi connectivity index (χ1) is 22.5. The average Bonchev–Trinajstić information content (AvgIpc) is 3.85. The Morgan fingerprint density at radius 3 is 2.17 bits per heavy atom. The Labute approximate surface area is 286 Å². The van der Waals surface area contributed by atoms with Crippen LogP contribution >= 0.6 is 22.7 Å². The van der Waals surface area contributed by atoms with Gasteiger partial charge in [-0.2, -0.15) is 0 Å². The minimum atomic E-state index is -2.62. The highest BCUT2D eigenvalue weighted by Crippen LogP contribution is 2.43. The number of piperidine rings is 1. The van der Waals surface area contributed by atoms with E-state index in [1.807, 2.05) is 12.1 Å². The Balaban J connectivity index is 0.000000417. The molecule has 1 aliphatic carbocycles. The number of amides is 1. The van der Waals surface area contributed by atoms with Gasteiger partial charge in [0.25, 0.3) is 0 Å². The van der Waals surface area contributed by atoms with Crippen molar-refractivity contribution in [1.29, 1.82) is 0 Å². The molecule has 1 amide bonds. The molecule has 2 saturated heterocycles. The summed E-state index contributed by atoms with van der Waals surface area (Å²) in [4.78, 5) is 30.6. The topological polar surface area (TPSA) is 80.1 Å². The third kappa shape index (κ3) is 8.76. The Kier molecular flexibility index (Phi) is 12.0. The Morgan fingerprint density at radius 1 is 0.979 bits per heavy atom. The molecule has 11 heteroatoms. The molecular weight excluding hydrogens is 637 g/mol. The molecule has 6 rings (SSSR count). The molecule has 3 atom stereocenters. The summed E-state index contributed by atoms with van der Waals surface area (Å²) < 4.78 is 29.7. The van der Waals surface area contributed by atoms with Crippen molar-refractivity contribution < 1.29 is 18.4 Å². The fourth-order valence-electron chi connectivity index (χ4n) is 7.63. The van der Waals surface area contributed by atoms with Crippen LogP contribution in [-0.4, -0.2) is 56.4 Å². The van der Waals surface area contributed by atoms with Crippen molar-refractivity contribution in [2.45, 2.75) is 141 Å². The molecule has 0 spiro atoms. The van der Waals surface area contributed by atoms with Crippen molar-refractivity contribution >= 4 is 34.9 Å². The van der Waals surface area contributed by atoms with Crippen molar-refractivity contribution in [3.8, 4) is 0 Å². The quantitative estimate of drug-likeness (QED) is 0.204. The van der Waals surface area contributed by atoms with Crippen molar-refractivity contribution in [2.24, 2.45) is 5.92 Å². The molecule has 3 fully saturated rings. The van der Waals surface area contributed by atoms with E-state index in [1.54, 1.807) is 22.7 Å². The van der Waals surface area contributed by atoms with Crippen molar-refractivity contribution in [2.75, 3.05) is 6.54 Å². The lowest BCUT2D eigenvalue weighted by atomic mass is 9.86. The second-order valence-electron chi connectivity index (χ2n) is 13.8. The van der Waals surface area contributed by atoms with Crippen LogP contribution in [0.15, 0.2) is 24.3 Å². The van der Waals surface area contributed by atoms with E-state index in [4.69, 9.17) is 0 Å². The van der Waals surface area contributed by atoms with Gasteiger partial charge in [0, 0.05) is 64.0 Å². The molecule has 0 aromatic carbocycles. The molecule has 2 unspecified atom stereocenters. The number of nitrogens with zero attached hydrogens (tertiary/aromatic N) is 4. The van der Waals surface area contributed by atoms with E-state index in [0.717, 1.165) is 61.5 Å². The number of halogens is 2. The zero-order valence-electron chi connectivity index (χ0n) is 28.5. The highest BCUT2D eigenvalue weighted by Gasteiger charge is 2.43. The molecule has 3 aliphatic rings. The Morgan fingerprint density at radius 2 is 1.62 bits per heavy atom. The van der Waals surface area contributed by atoms with Gasteiger partial charge in [-0.05, 0) is 89.0 Å². The number of aryl methyl sites for hydroxylation is 3. The van der Waals surface area contributed by atoms with Crippen molar-refractivity contribution in [1.82, 2.24) is 25.0 Å². The summed E-state index contributed by atoms with van der Waals surface area (Å²) in [6.45, 7) is 11.6. The van der Waals surface area contributed by atoms with Crippen LogP contribution < -0.4 is 5.32 Å². The zero-order valence-corrected chi connectivity index (χ0v) is 30.1. The lowest BCUT2D eigenvalue weighted by Crippen LogP contribution is -2.45. The number of aldehydes is 1. The number of carbonyl (C=O) groups is 2. The lowest BCUT2D eigenvalue weighted by Gasteiger charge is -2.40. The summed E-state index contributed by atoms with van der Waals surface area (Å²) in [6.07, 6.45) is 8.57. The standard InChI is InChI=1S/C29H43F2N5OS.C7H8OS/c1-5-24-8-9-26(38-24)25(32-28(37)20-10-13-29(30,31)14-11-20)12-15-35-21-6-7-22(35)17-23(16-21)36-19(4)33-34-27(36)18(2)3;1-2-6-3-4-7(5-8)9-6/h8-9,18,20-23,25H,5-7,10-17H2,1-4H3,(H,32,37);3-5H,2H2,1H3/t21?,22?,23?,25-;/m0./s1. The molecule has 2 aliphatic heterocycles. The van der Waals surface area contributed by atoms with Gasteiger partial charge in [0.05, 0.1) is 10.9 Å². The minimum absolute atomic E-state index is 0.0528. The normalized spacial score (nSPS) is 23.4. The van der Waals surface area contributed by atoms with E-state index in [9.17, 15) is 18.4 Å². The van der Waals surface area contributed by atoms with Crippen LogP contribution in [0.25, 0.3) is 0 Å². The predicted molar refractivity (Wildman–Crippen MR) is 186 cm³/mol. The number of hydrogen-bond donors (Lipinski definition) is 1. The van der Waals surface area contributed by atoms with Gasteiger partial charge in [0.1, 0.15) is 11.6 Å². The van der Waals surface area contributed by atoms with Crippen LogP contribution in [0, 0.1) is 12.8 Å². The smallest absolute Gasteiger partial charge is 0.248 e. The van der Waals surface area contributed by atoms with Gasteiger partial charge in [-0.1, -0.05) is 27.7 Å². The van der Waals surface area contributed by atoms with Crippen molar-refractivity contribution in [3.63, 3.8) is 0 Å². The number of fused-ring (bicyclic) bond motifs is 2. The molecule has 1 N–H and O–H groups in total. The molecule has 3 aromatic rings. The third-order valence-electron chi connectivity index (χ3n) is 10.2. The molecule has 47 heavy (non-hydrogen) atoms. The van der Waals surface area contributed by atoms with E-state index >= 15 is 0 Å². The SMILES string of the molecule is CCc1ccc(C=O)s1.CCc1ccc([C@H](CCN2C3CCC2CC(n2c(C)nnc2C(C)C)C3)NC(=O)C2CCC(F)(F)CC2)s1. The Bertz CT molecular complexity index is 1460. The van der Waals surface area contributed by atoms with E-state index in [2.05, 4.69) is 71.7 Å². The maximum atomic E-state index is 13.7. The first-order valence-electron chi connectivity index (χ1n) is 17.5. The number of carbonyl (C=O) groups excluding carboxylic acids is 2. The summed E-state index contributed by atoms with van der Waals surface area (Å²) in [5.74, 6) is -0.524. The molecule has 0 radical (unpaired) electrons. The summed E-state index contributed by atoms with van der Waals surface area (Å²) in [5, 5.41) is 12.2. The number of hydrogen-bond acceptors (Lipinski definition) is 7. The van der Waals surface area contributed by atoms with Gasteiger partial charge in [0.2, 0.25) is 11.8 Å². The van der Waals surface area contributed by atoms with Gasteiger partial charge in [-0.25, -0.2) is 8.78 Å². The molecular formula is C36H51F2N5O2S2. The second kappa shape index (κ2) is 15.8. The van der Waals surface area contributed by atoms with Gasteiger partial charge >= 0.3 is 0 Å². The van der Waals surface area contributed by atoms with E-state index in [1.165, 1.54) is 27.5 Å². The minimum Gasteiger partial charge on any atom is -0.348 e. The maximum Gasteiger partial charge on any atom is 0.248 e. The van der Waals surface area contributed by atoms with Gasteiger partial charge in [0.15, 0.2) is 6.29 Å². The van der Waals surface area contributed by atoms with Crippen LogP contribution in [-0.2, 0) is 17.6 Å². The van der Waals surface area contributed by atoms with Crippen LogP contribution in [0.4, 0.5) is 8.78 Å². The van der Waals surface area contributed by atoms with Gasteiger partial charge in [-0.3, -0.25) is 14.5 Å². The van der Waals surface area contributed by atoms with Crippen LogP contribution in [0.3, 0.4) is 0 Å². The second-order valence-corrected chi connectivity index (χ2v) is 16.2. The number of aromatic nitrogens is 3. The molecule has 258 valence electrons. The lowest BCUT2D eigenvalue weighted by molar-refractivity contribution is -0.130. The molecule has 5 heterocycles. The zero-order chi connectivity index (χ0) is 33.7. The Hall–Kier alpha value is -2.50. The molecule has 3 aromatic heterocycles. The predicted octanol–water partition coefficient (Wildman–Crippen LogP) is 8.70. The van der Waals surface area contributed by atoms with Gasteiger partial charge < -0.3 is 9.88 Å². The number of alkyl halides is 2. The van der Waals surface area contributed by atoms with E-state index in [0.29, 0.717) is 24.0 Å². The fraction of sp³-hybridized carbons (Fsp3) is 0.667. The van der Waals surface area contributed by atoms with E-state index < -0.39 is 5.92 Å². The maximum absolute atomic E-state index is 13.7. The first kappa shape index (κ1) is 35.8. The summed E-state index contributed by atoms with van der Waals surface area (Å²) >= 11 is 3.33. The van der Waals surface area contributed by atoms with Crippen LogP contribution in [0.2, 0.25) is 0 Å². The van der Waals surface area contributed by atoms with Crippen LogP contribution in [0.1, 0.15) is 139 Å².